The smallest absolute Gasteiger partial charge is 0.258 e. The number of aryl methyl sites for hydroxylation is 3. The number of benzene rings is 2. The van der Waals surface area contributed by atoms with Gasteiger partial charge < -0.3 is 15.6 Å². The number of thiophene rings is 1. The molecule has 0 unspecified atom stereocenters. The van der Waals surface area contributed by atoms with E-state index in [1.807, 2.05) is 81.4 Å². The summed E-state index contributed by atoms with van der Waals surface area (Å²) in [6.07, 6.45) is 5.07. The highest BCUT2D eigenvalue weighted by molar-refractivity contribution is 7.15. The van der Waals surface area contributed by atoms with E-state index in [4.69, 9.17) is 5.73 Å². The monoisotopic (exact) mass is 599 g/mol. The van der Waals surface area contributed by atoms with Gasteiger partial charge in [0, 0.05) is 22.0 Å². The molecule has 0 fully saturated rings. The van der Waals surface area contributed by atoms with Gasteiger partial charge in [-0.05, 0) is 94.0 Å². The van der Waals surface area contributed by atoms with Crippen LogP contribution in [0.3, 0.4) is 0 Å². The number of nitrogens with one attached hydrogen (secondary N) is 1. The van der Waals surface area contributed by atoms with Gasteiger partial charge in [-0.1, -0.05) is 35.9 Å². The minimum absolute atomic E-state index is 0.113. The van der Waals surface area contributed by atoms with E-state index in [-0.39, 0.29) is 11.5 Å². The van der Waals surface area contributed by atoms with Gasteiger partial charge in [0.25, 0.3) is 5.91 Å². The van der Waals surface area contributed by atoms with Crippen molar-refractivity contribution in [3.63, 3.8) is 0 Å². The topological polar surface area (TPSA) is 123 Å². The van der Waals surface area contributed by atoms with Gasteiger partial charge in [-0.3, -0.25) is 4.79 Å². The molecule has 8 nitrogen and oxygen atoms in total. The average Bonchev–Trinajstić information content (AvgIpc) is 3.66. The molecule has 3 N–H and O–H groups in total. The number of allylic oxidation sites excluding steroid dienone is 1. The summed E-state index contributed by atoms with van der Waals surface area (Å²) < 4.78 is 2.12. The fraction of sp³-hybridized carbons (Fsp3) is 0.257. The highest BCUT2D eigenvalue weighted by atomic mass is 32.1. The van der Waals surface area contributed by atoms with Gasteiger partial charge in [-0.15, -0.1) is 11.3 Å². The van der Waals surface area contributed by atoms with Crippen molar-refractivity contribution in [1.82, 2.24) is 4.57 Å². The summed E-state index contributed by atoms with van der Waals surface area (Å²) >= 11 is 1.68. The van der Waals surface area contributed by atoms with Crippen LogP contribution < -0.4 is 16.1 Å². The summed E-state index contributed by atoms with van der Waals surface area (Å²) in [7, 11) is 0. The van der Waals surface area contributed by atoms with Crippen molar-refractivity contribution in [3.05, 3.63) is 105 Å². The Morgan fingerprint density at radius 3 is 2.50 bits per heavy atom. The number of fused-ring (bicyclic) bond motifs is 1. The molecule has 44 heavy (non-hydrogen) atoms. The third kappa shape index (κ3) is 5.22. The van der Waals surface area contributed by atoms with Crippen molar-refractivity contribution in [2.45, 2.75) is 52.6 Å². The number of nitrogens with zero attached hydrogens (tertiary/aromatic N) is 5. The van der Waals surface area contributed by atoms with Crippen molar-refractivity contribution in [3.8, 4) is 17.1 Å². The standard InChI is InChI=1S/C35H33N7OS/c1-21-13-15-26(16-14-21)39-34(43)31-28-11-7-8-12-30(28)44-35(31)41-22(2)17-24(23(41)3)18-25(19-36)32-29(20-37)33(38)42(40-32)27-9-5-4-6-10-27/h4-6,9-10,13-18,29,33H,7-8,11-12,38H2,1-3H3,(H,39,43)/b25-18-/t29-,33-/m0/s1. The molecule has 0 spiro atoms. The normalized spacial score (nSPS) is 17.9. The predicted octanol–water partition coefficient (Wildman–Crippen LogP) is 6.80. The first-order valence-electron chi connectivity index (χ1n) is 14.7. The molecule has 6 rings (SSSR count). The van der Waals surface area contributed by atoms with Crippen LogP contribution in [0.25, 0.3) is 11.1 Å². The molecule has 1 amide bonds. The van der Waals surface area contributed by atoms with Gasteiger partial charge in [0.2, 0.25) is 0 Å². The van der Waals surface area contributed by atoms with Crippen LogP contribution in [0.5, 0.6) is 0 Å². The summed E-state index contributed by atoms with van der Waals surface area (Å²) in [6, 6.07) is 23.8. The number of anilines is 2. The van der Waals surface area contributed by atoms with Crippen LogP contribution >= 0.6 is 11.3 Å². The lowest BCUT2D eigenvalue weighted by molar-refractivity contribution is 0.102. The maximum Gasteiger partial charge on any atom is 0.258 e. The maximum atomic E-state index is 13.9. The van der Waals surface area contributed by atoms with Crippen LogP contribution in [0.2, 0.25) is 0 Å². The van der Waals surface area contributed by atoms with Crippen LogP contribution in [0.4, 0.5) is 11.4 Å². The summed E-state index contributed by atoms with van der Waals surface area (Å²) in [5, 5.41) is 30.5. The Hall–Kier alpha value is -4.96. The van der Waals surface area contributed by atoms with E-state index in [1.165, 1.54) is 4.88 Å². The Kier molecular flexibility index (Phi) is 7.92. The Morgan fingerprint density at radius 2 is 1.80 bits per heavy atom. The van der Waals surface area contributed by atoms with Crippen LogP contribution in [0, 0.1) is 49.4 Å². The highest BCUT2D eigenvalue weighted by Crippen LogP contribution is 2.39. The molecule has 4 aromatic rings. The van der Waals surface area contributed by atoms with E-state index in [2.05, 4.69) is 27.1 Å². The summed E-state index contributed by atoms with van der Waals surface area (Å²) in [5.74, 6) is -0.886. The Bertz CT molecular complexity index is 1880. The molecule has 0 bridgehead atoms. The first-order valence-corrected chi connectivity index (χ1v) is 15.5. The Balaban J connectivity index is 1.41. The van der Waals surface area contributed by atoms with Crippen molar-refractivity contribution < 1.29 is 4.79 Å². The molecule has 2 aliphatic rings. The second kappa shape index (κ2) is 12.0. The molecule has 1 aliphatic carbocycles. The van der Waals surface area contributed by atoms with Crippen molar-refractivity contribution in [2.75, 3.05) is 10.3 Å². The van der Waals surface area contributed by atoms with E-state index in [0.29, 0.717) is 5.71 Å². The van der Waals surface area contributed by atoms with Crippen LogP contribution in [0.1, 0.15) is 56.2 Å². The highest BCUT2D eigenvalue weighted by Gasteiger charge is 2.38. The number of rotatable bonds is 6. The number of para-hydroxylation sites is 1. The number of carbonyl (C=O) groups excluding carboxylic acids is 1. The van der Waals surface area contributed by atoms with Gasteiger partial charge in [-0.25, -0.2) is 5.01 Å². The molecule has 0 radical (unpaired) electrons. The van der Waals surface area contributed by atoms with Crippen molar-refractivity contribution in [2.24, 2.45) is 16.8 Å². The van der Waals surface area contributed by atoms with Crippen LogP contribution in [-0.4, -0.2) is 22.4 Å². The predicted molar refractivity (Wildman–Crippen MR) is 176 cm³/mol. The maximum absolute atomic E-state index is 13.9. The second-order valence-electron chi connectivity index (χ2n) is 11.3. The molecular weight excluding hydrogens is 567 g/mol. The Labute approximate surface area is 261 Å². The van der Waals surface area contributed by atoms with E-state index in [1.54, 1.807) is 22.4 Å². The number of hydrogen-bond donors (Lipinski definition) is 2. The number of carbonyl (C=O) groups is 1. The molecule has 3 heterocycles. The van der Waals surface area contributed by atoms with Crippen LogP contribution in [-0.2, 0) is 12.8 Å². The minimum atomic E-state index is -0.773. The molecule has 0 saturated heterocycles. The molecule has 220 valence electrons. The number of nitrogens with two attached hydrogens (primary N) is 1. The number of hydrogen-bond acceptors (Lipinski definition) is 7. The number of amides is 1. The van der Waals surface area contributed by atoms with Crippen molar-refractivity contribution >= 4 is 40.4 Å². The number of nitriles is 2. The van der Waals surface area contributed by atoms with Gasteiger partial charge in [0.05, 0.1) is 28.6 Å². The molecule has 2 aromatic carbocycles. The SMILES string of the molecule is Cc1ccc(NC(=O)c2c(-n3c(C)cc(/C=C(/C#N)C4=NN(c5ccccc5)[C@H](N)[C@H]4C#N)c3C)sc3c2CCCC3)cc1. The third-order valence-corrected chi connectivity index (χ3v) is 9.63. The zero-order chi connectivity index (χ0) is 31.0. The Morgan fingerprint density at radius 1 is 1.07 bits per heavy atom. The first kappa shape index (κ1) is 29.1. The largest absolute Gasteiger partial charge is 0.322 e. The first-order chi connectivity index (χ1) is 21.3. The fourth-order valence-electron chi connectivity index (χ4n) is 6.06. The lowest BCUT2D eigenvalue weighted by Gasteiger charge is -2.21. The average molecular weight is 600 g/mol. The molecule has 9 heteroatoms. The van der Waals surface area contributed by atoms with Gasteiger partial charge in [-0.2, -0.15) is 15.6 Å². The summed E-state index contributed by atoms with van der Waals surface area (Å²) in [4.78, 5) is 15.1. The lowest BCUT2D eigenvalue weighted by atomic mass is 9.95. The number of hydrazone groups is 1. The molecular formula is C35H33N7OS. The van der Waals surface area contributed by atoms with Gasteiger partial charge in [0.1, 0.15) is 23.2 Å². The zero-order valence-electron chi connectivity index (χ0n) is 25.0. The van der Waals surface area contributed by atoms with Crippen molar-refractivity contribution in [1.29, 1.82) is 10.5 Å². The zero-order valence-corrected chi connectivity index (χ0v) is 25.8. The second-order valence-corrected chi connectivity index (χ2v) is 12.4. The quantitative estimate of drug-likeness (QED) is 0.236. The minimum Gasteiger partial charge on any atom is -0.322 e. The summed E-state index contributed by atoms with van der Waals surface area (Å²) in [6.45, 7) is 6.02. The van der Waals surface area contributed by atoms with E-state index < -0.39 is 12.1 Å². The fourth-order valence-corrected chi connectivity index (χ4v) is 7.55. The molecule has 1 aliphatic heterocycles. The number of aromatic nitrogens is 1. The lowest BCUT2D eigenvalue weighted by Crippen LogP contribution is -2.40. The van der Waals surface area contributed by atoms with Gasteiger partial charge in [0.15, 0.2) is 0 Å². The van der Waals surface area contributed by atoms with E-state index >= 15 is 0 Å². The van der Waals surface area contributed by atoms with Gasteiger partial charge >= 0.3 is 0 Å². The molecule has 2 aromatic heterocycles. The molecule has 2 atom stereocenters. The summed E-state index contributed by atoms with van der Waals surface area (Å²) in [5.41, 5.74) is 14.2. The van der Waals surface area contributed by atoms with Crippen LogP contribution in [0.15, 0.2) is 71.3 Å². The third-order valence-electron chi connectivity index (χ3n) is 8.35. The van der Waals surface area contributed by atoms with E-state index in [9.17, 15) is 15.3 Å². The molecule has 0 saturated carbocycles. The van der Waals surface area contributed by atoms with E-state index in [0.717, 1.165) is 75.7 Å².